The van der Waals surface area contributed by atoms with Gasteiger partial charge in [0.1, 0.15) is 0 Å². The second kappa shape index (κ2) is 7.25. The van der Waals surface area contributed by atoms with E-state index in [2.05, 4.69) is 0 Å². The topological polar surface area (TPSA) is 40.6 Å². The maximum absolute atomic E-state index is 11.3. The van der Waals surface area contributed by atoms with Gasteiger partial charge >= 0.3 is 0 Å². The number of carbonyl (C=O) groups excluding carboxylic acids is 2. The highest BCUT2D eigenvalue weighted by atomic mass is 16.2. The highest BCUT2D eigenvalue weighted by Gasteiger charge is 2.28. The normalized spacial score (nSPS) is 19.9. The van der Waals surface area contributed by atoms with E-state index in [1.165, 1.54) is 0 Å². The molecule has 1 fully saturated rings. The SMILES string of the molecule is CC.CCC1CN(C(C)=O)CCN1C(C)=O. The first kappa shape index (κ1) is 14.9. The van der Waals surface area contributed by atoms with Gasteiger partial charge in [-0.1, -0.05) is 20.8 Å². The zero-order valence-corrected chi connectivity index (χ0v) is 11.1. The van der Waals surface area contributed by atoms with E-state index in [9.17, 15) is 9.59 Å². The number of hydrogen-bond acceptors (Lipinski definition) is 2. The molecule has 0 radical (unpaired) electrons. The minimum Gasteiger partial charge on any atom is -0.339 e. The highest BCUT2D eigenvalue weighted by molar-refractivity contribution is 5.76. The minimum absolute atomic E-state index is 0.103. The Morgan fingerprint density at radius 2 is 1.69 bits per heavy atom. The monoisotopic (exact) mass is 228 g/mol. The van der Waals surface area contributed by atoms with Crippen LogP contribution < -0.4 is 0 Å². The van der Waals surface area contributed by atoms with Crippen LogP contribution in [-0.2, 0) is 9.59 Å². The van der Waals surface area contributed by atoms with Crippen molar-refractivity contribution in [1.82, 2.24) is 9.80 Å². The Hall–Kier alpha value is -1.06. The van der Waals surface area contributed by atoms with Crippen molar-refractivity contribution in [1.29, 1.82) is 0 Å². The van der Waals surface area contributed by atoms with Gasteiger partial charge in [-0.3, -0.25) is 9.59 Å². The van der Waals surface area contributed by atoms with Gasteiger partial charge in [-0.25, -0.2) is 0 Å². The van der Waals surface area contributed by atoms with Crippen LogP contribution in [0.3, 0.4) is 0 Å². The second-order valence-electron chi connectivity index (χ2n) is 3.74. The highest BCUT2D eigenvalue weighted by Crippen LogP contribution is 2.12. The summed E-state index contributed by atoms with van der Waals surface area (Å²) in [7, 11) is 0. The molecule has 1 atom stereocenters. The number of carbonyl (C=O) groups is 2. The van der Waals surface area contributed by atoms with E-state index in [0.29, 0.717) is 19.6 Å². The fraction of sp³-hybridized carbons (Fsp3) is 0.833. The van der Waals surface area contributed by atoms with Gasteiger partial charge in [-0.05, 0) is 6.42 Å². The summed E-state index contributed by atoms with van der Waals surface area (Å²) >= 11 is 0. The van der Waals surface area contributed by atoms with Gasteiger partial charge < -0.3 is 9.80 Å². The molecular formula is C12H24N2O2. The Morgan fingerprint density at radius 3 is 2.06 bits per heavy atom. The van der Waals surface area contributed by atoms with Crippen molar-refractivity contribution in [2.75, 3.05) is 19.6 Å². The zero-order chi connectivity index (χ0) is 12.7. The molecule has 0 aromatic heterocycles. The molecule has 1 rings (SSSR count). The molecule has 16 heavy (non-hydrogen) atoms. The minimum atomic E-state index is 0.103. The summed E-state index contributed by atoms with van der Waals surface area (Å²) < 4.78 is 0. The van der Waals surface area contributed by atoms with Crippen LogP contribution in [0.25, 0.3) is 0 Å². The van der Waals surface area contributed by atoms with Crippen molar-refractivity contribution >= 4 is 11.8 Å². The lowest BCUT2D eigenvalue weighted by Gasteiger charge is -2.40. The average molecular weight is 228 g/mol. The molecule has 1 aliphatic rings. The van der Waals surface area contributed by atoms with Crippen LogP contribution in [0.4, 0.5) is 0 Å². The van der Waals surface area contributed by atoms with E-state index in [4.69, 9.17) is 0 Å². The van der Waals surface area contributed by atoms with Gasteiger partial charge in [-0.15, -0.1) is 0 Å². The molecule has 0 aromatic carbocycles. The summed E-state index contributed by atoms with van der Waals surface area (Å²) in [6, 6.07) is 0.199. The van der Waals surface area contributed by atoms with E-state index in [0.717, 1.165) is 6.42 Å². The van der Waals surface area contributed by atoms with Gasteiger partial charge in [0.25, 0.3) is 0 Å². The first-order valence-corrected chi connectivity index (χ1v) is 6.09. The van der Waals surface area contributed by atoms with E-state index < -0.39 is 0 Å². The third-order valence-corrected chi connectivity index (χ3v) is 2.80. The first-order chi connectivity index (χ1) is 7.56. The fourth-order valence-corrected chi connectivity index (χ4v) is 1.91. The Kier molecular flexibility index (Phi) is 6.77. The maximum Gasteiger partial charge on any atom is 0.219 e. The van der Waals surface area contributed by atoms with Crippen LogP contribution in [0.5, 0.6) is 0 Å². The number of piperazine rings is 1. The standard InChI is InChI=1S/C10H18N2O2.C2H6/c1-4-10-7-11(8(2)13)5-6-12(10)9(3)14;1-2/h10H,4-7H2,1-3H3;1-2H3. The Balaban J connectivity index is 0.00000106. The van der Waals surface area contributed by atoms with Gasteiger partial charge in [0.05, 0.1) is 0 Å². The van der Waals surface area contributed by atoms with Crippen molar-refractivity contribution in [2.45, 2.75) is 47.1 Å². The van der Waals surface area contributed by atoms with Crippen molar-refractivity contribution < 1.29 is 9.59 Å². The molecule has 0 bridgehead atoms. The number of rotatable bonds is 1. The molecule has 0 saturated carbocycles. The molecule has 94 valence electrons. The van der Waals surface area contributed by atoms with E-state index in [-0.39, 0.29) is 17.9 Å². The summed E-state index contributed by atoms with van der Waals surface area (Å²) in [4.78, 5) is 26.1. The summed E-state index contributed by atoms with van der Waals surface area (Å²) in [6.45, 7) is 11.2. The molecule has 2 amide bonds. The molecule has 1 heterocycles. The molecule has 0 N–H and O–H groups in total. The van der Waals surface area contributed by atoms with Gasteiger partial charge in [0.15, 0.2) is 0 Å². The van der Waals surface area contributed by atoms with Crippen LogP contribution in [0.1, 0.15) is 41.0 Å². The smallest absolute Gasteiger partial charge is 0.219 e. The summed E-state index contributed by atoms with van der Waals surface area (Å²) in [6.07, 6.45) is 0.906. The molecule has 4 heteroatoms. The summed E-state index contributed by atoms with van der Waals surface area (Å²) in [5.74, 6) is 0.215. The number of amides is 2. The Bertz CT molecular complexity index is 241. The van der Waals surface area contributed by atoms with Crippen LogP contribution in [0.2, 0.25) is 0 Å². The van der Waals surface area contributed by atoms with E-state index in [1.807, 2.05) is 30.6 Å². The maximum atomic E-state index is 11.3. The lowest BCUT2D eigenvalue weighted by atomic mass is 10.1. The summed E-state index contributed by atoms with van der Waals surface area (Å²) in [5.41, 5.74) is 0. The van der Waals surface area contributed by atoms with Crippen LogP contribution in [-0.4, -0.2) is 47.3 Å². The lowest BCUT2D eigenvalue weighted by molar-refractivity contribution is -0.140. The van der Waals surface area contributed by atoms with Crippen LogP contribution >= 0.6 is 0 Å². The van der Waals surface area contributed by atoms with Crippen molar-refractivity contribution in [2.24, 2.45) is 0 Å². The predicted octanol–water partition coefficient (Wildman–Crippen LogP) is 1.50. The lowest BCUT2D eigenvalue weighted by Crippen LogP contribution is -2.55. The van der Waals surface area contributed by atoms with Gasteiger partial charge in [-0.2, -0.15) is 0 Å². The third-order valence-electron chi connectivity index (χ3n) is 2.80. The zero-order valence-electron chi connectivity index (χ0n) is 11.1. The molecule has 1 saturated heterocycles. The molecule has 1 aliphatic heterocycles. The molecule has 1 unspecified atom stereocenters. The van der Waals surface area contributed by atoms with Crippen molar-refractivity contribution in [3.8, 4) is 0 Å². The molecule has 0 aromatic rings. The van der Waals surface area contributed by atoms with Crippen molar-refractivity contribution in [3.05, 3.63) is 0 Å². The van der Waals surface area contributed by atoms with E-state index in [1.54, 1.807) is 13.8 Å². The molecule has 4 nitrogen and oxygen atoms in total. The number of hydrogen-bond donors (Lipinski definition) is 0. The summed E-state index contributed by atoms with van der Waals surface area (Å²) in [5, 5.41) is 0. The molecular weight excluding hydrogens is 204 g/mol. The van der Waals surface area contributed by atoms with E-state index >= 15 is 0 Å². The van der Waals surface area contributed by atoms with Crippen molar-refractivity contribution in [3.63, 3.8) is 0 Å². The predicted molar refractivity (Wildman–Crippen MR) is 65.1 cm³/mol. The Morgan fingerprint density at radius 1 is 1.12 bits per heavy atom. The van der Waals surface area contributed by atoms with Gasteiger partial charge in [0, 0.05) is 39.5 Å². The van der Waals surface area contributed by atoms with Crippen LogP contribution in [0, 0.1) is 0 Å². The fourth-order valence-electron chi connectivity index (χ4n) is 1.91. The quantitative estimate of drug-likeness (QED) is 0.682. The Labute approximate surface area is 98.6 Å². The average Bonchev–Trinajstić information content (AvgIpc) is 2.30. The largest absolute Gasteiger partial charge is 0.339 e. The first-order valence-electron chi connectivity index (χ1n) is 6.09. The number of nitrogens with zero attached hydrogens (tertiary/aromatic N) is 2. The molecule has 0 aliphatic carbocycles. The molecule has 0 spiro atoms. The second-order valence-corrected chi connectivity index (χ2v) is 3.74. The third kappa shape index (κ3) is 3.83. The van der Waals surface area contributed by atoms with Crippen LogP contribution in [0.15, 0.2) is 0 Å². The van der Waals surface area contributed by atoms with Gasteiger partial charge in [0.2, 0.25) is 11.8 Å².